The third kappa shape index (κ3) is 3.46. The van der Waals surface area contributed by atoms with Crippen molar-refractivity contribution in [2.24, 2.45) is 0 Å². The van der Waals surface area contributed by atoms with Gasteiger partial charge in [-0.05, 0) is 36.1 Å². The van der Waals surface area contributed by atoms with E-state index in [0.717, 1.165) is 5.56 Å². The highest BCUT2D eigenvalue weighted by Crippen LogP contribution is 2.32. The average molecular weight is 362 g/mol. The maximum Gasteiger partial charge on any atom is 0.293 e. The molecule has 0 bridgehead atoms. The predicted molar refractivity (Wildman–Crippen MR) is 82.2 cm³/mol. The third-order valence-electron chi connectivity index (χ3n) is 2.62. The molecule has 1 unspecified atom stereocenters. The zero-order chi connectivity index (χ0) is 14.0. The summed E-state index contributed by atoms with van der Waals surface area (Å²) in [5.74, 6) is 0. The molecule has 19 heavy (non-hydrogen) atoms. The molecule has 2 aromatic rings. The van der Waals surface area contributed by atoms with Gasteiger partial charge in [0.15, 0.2) is 0 Å². The van der Waals surface area contributed by atoms with Crippen LogP contribution in [0, 0.1) is 10.1 Å². The number of hydrogen-bond acceptors (Lipinski definition) is 4. The van der Waals surface area contributed by atoms with Crippen LogP contribution in [0.15, 0.2) is 34.1 Å². The summed E-state index contributed by atoms with van der Waals surface area (Å²) in [4.78, 5) is 10.6. The summed E-state index contributed by atoms with van der Waals surface area (Å²) in [6, 6.07) is 6.74. The van der Waals surface area contributed by atoms with Crippen LogP contribution in [-0.4, -0.2) is 4.92 Å². The summed E-state index contributed by atoms with van der Waals surface area (Å²) in [6.07, 6.45) is 0. The Morgan fingerprint density at radius 2 is 2.21 bits per heavy atom. The first-order chi connectivity index (χ1) is 8.97. The second-order valence-corrected chi connectivity index (χ2v) is 6.43. The van der Waals surface area contributed by atoms with E-state index >= 15 is 0 Å². The van der Waals surface area contributed by atoms with Crippen LogP contribution in [0.3, 0.4) is 0 Å². The molecule has 0 saturated carbocycles. The number of benzene rings is 1. The minimum absolute atomic E-state index is 0.0440. The number of nitrogens with one attached hydrogen (secondary N) is 1. The van der Waals surface area contributed by atoms with Gasteiger partial charge in [0, 0.05) is 16.6 Å². The van der Waals surface area contributed by atoms with Crippen LogP contribution in [0.25, 0.3) is 0 Å². The molecule has 1 aromatic carbocycles. The molecule has 2 rings (SSSR count). The van der Waals surface area contributed by atoms with Gasteiger partial charge in [-0.25, -0.2) is 0 Å². The van der Waals surface area contributed by atoms with Gasteiger partial charge in [-0.1, -0.05) is 27.5 Å². The summed E-state index contributed by atoms with van der Waals surface area (Å²) >= 11 is 10.6. The van der Waals surface area contributed by atoms with E-state index in [-0.39, 0.29) is 11.7 Å². The molecule has 4 nitrogen and oxygen atoms in total. The van der Waals surface area contributed by atoms with Gasteiger partial charge in [-0.2, -0.15) is 0 Å². The third-order valence-corrected chi connectivity index (χ3v) is 4.22. The van der Waals surface area contributed by atoms with Crippen LogP contribution in [0.5, 0.6) is 0 Å². The van der Waals surface area contributed by atoms with Crippen molar-refractivity contribution in [3.8, 4) is 0 Å². The Kier molecular flexibility index (Phi) is 4.44. The highest BCUT2D eigenvalue weighted by Gasteiger charge is 2.17. The SMILES string of the molecule is CC(Nc1ccc(Br)cc1[N+](=O)[O-])c1csc(Cl)c1. The molecule has 0 radical (unpaired) electrons. The number of rotatable bonds is 4. The molecule has 0 spiro atoms. The van der Waals surface area contributed by atoms with Gasteiger partial charge in [-0.3, -0.25) is 10.1 Å². The van der Waals surface area contributed by atoms with Gasteiger partial charge in [0.25, 0.3) is 5.69 Å². The molecule has 100 valence electrons. The minimum Gasteiger partial charge on any atom is -0.373 e. The summed E-state index contributed by atoms with van der Waals surface area (Å²) < 4.78 is 1.38. The van der Waals surface area contributed by atoms with Gasteiger partial charge < -0.3 is 5.32 Å². The Labute approximate surface area is 127 Å². The normalized spacial score (nSPS) is 12.2. The Morgan fingerprint density at radius 3 is 2.79 bits per heavy atom. The van der Waals surface area contributed by atoms with Crippen molar-refractivity contribution >= 4 is 50.2 Å². The van der Waals surface area contributed by atoms with Gasteiger partial charge in [0.05, 0.1) is 9.26 Å². The number of halogens is 2. The zero-order valence-electron chi connectivity index (χ0n) is 9.89. The molecule has 1 N–H and O–H groups in total. The Balaban J connectivity index is 2.26. The van der Waals surface area contributed by atoms with Crippen molar-refractivity contribution in [3.05, 3.63) is 54.1 Å². The van der Waals surface area contributed by atoms with E-state index in [1.807, 2.05) is 18.4 Å². The predicted octanol–water partition coefficient (Wildman–Crippen LogP) is 5.25. The van der Waals surface area contributed by atoms with Crippen LogP contribution in [0.4, 0.5) is 11.4 Å². The lowest BCUT2D eigenvalue weighted by Gasteiger charge is -2.14. The summed E-state index contributed by atoms with van der Waals surface area (Å²) in [5, 5.41) is 16.1. The van der Waals surface area contributed by atoms with E-state index in [1.54, 1.807) is 12.1 Å². The standard InChI is InChI=1S/C12H10BrClN2O2S/c1-7(8-4-12(14)19-6-8)15-10-3-2-9(13)5-11(10)16(17)18/h2-7,15H,1H3. The van der Waals surface area contributed by atoms with Gasteiger partial charge >= 0.3 is 0 Å². The van der Waals surface area contributed by atoms with Crippen molar-refractivity contribution in [1.82, 2.24) is 0 Å². The van der Waals surface area contributed by atoms with Crippen LogP contribution < -0.4 is 5.32 Å². The molecule has 0 aliphatic rings. The van der Waals surface area contributed by atoms with Gasteiger partial charge in [0.1, 0.15) is 5.69 Å². The quantitative estimate of drug-likeness (QED) is 0.598. The largest absolute Gasteiger partial charge is 0.373 e. The van der Waals surface area contributed by atoms with E-state index in [9.17, 15) is 10.1 Å². The highest BCUT2D eigenvalue weighted by atomic mass is 79.9. The van der Waals surface area contributed by atoms with Crippen molar-refractivity contribution in [2.75, 3.05) is 5.32 Å². The van der Waals surface area contributed by atoms with E-state index in [1.165, 1.54) is 17.4 Å². The molecular formula is C12H10BrClN2O2S. The smallest absolute Gasteiger partial charge is 0.293 e. The Morgan fingerprint density at radius 1 is 1.47 bits per heavy atom. The summed E-state index contributed by atoms with van der Waals surface area (Å²) in [7, 11) is 0. The van der Waals surface area contributed by atoms with E-state index in [4.69, 9.17) is 11.6 Å². The number of thiophene rings is 1. The number of nitrogens with zero attached hydrogens (tertiary/aromatic N) is 1. The average Bonchev–Trinajstić information content (AvgIpc) is 2.78. The van der Waals surface area contributed by atoms with E-state index in [0.29, 0.717) is 14.5 Å². The molecule has 0 aliphatic carbocycles. The summed E-state index contributed by atoms with van der Waals surface area (Å²) in [6.45, 7) is 1.93. The second-order valence-electron chi connectivity index (χ2n) is 3.97. The van der Waals surface area contributed by atoms with Crippen molar-refractivity contribution < 1.29 is 4.92 Å². The first-order valence-corrected chi connectivity index (χ1v) is 7.47. The van der Waals surface area contributed by atoms with E-state index < -0.39 is 4.92 Å². The lowest BCUT2D eigenvalue weighted by molar-refractivity contribution is -0.384. The second kappa shape index (κ2) is 5.90. The molecule has 1 atom stereocenters. The van der Waals surface area contributed by atoms with Gasteiger partial charge in [-0.15, -0.1) is 11.3 Å². The number of anilines is 1. The number of hydrogen-bond donors (Lipinski definition) is 1. The lowest BCUT2D eigenvalue weighted by Crippen LogP contribution is -2.07. The molecule has 0 fully saturated rings. The van der Waals surface area contributed by atoms with Crippen LogP contribution in [0.2, 0.25) is 4.34 Å². The zero-order valence-corrected chi connectivity index (χ0v) is 13.1. The Bertz CT molecular complexity index is 618. The van der Waals surface area contributed by atoms with Crippen molar-refractivity contribution in [3.63, 3.8) is 0 Å². The topological polar surface area (TPSA) is 55.2 Å². The fourth-order valence-corrected chi connectivity index (χ4v) is 2.98. The lowest BCUT2D eigenvalue weighted by atomic mass is 10.1. The molecule has 1 heterocycles. The fourth-order valence-electron chi connectivity index (χ4n) is 1.64. The fraction of sp³-hybridized carbons (Fsp3) is 0.167. The maximum atomic E-state index is 11.0. The number of nitro groups is 1. The van der Waals surface area contributed by atoms with Crippen molar-refractivity contribution in [2.45, 2.75) is 13.0 Å². The number of nitro benzene ring substituents is 1. The molecule has 7 heteroatoms. The van der Waals surface area contributed by atoms with Crippen LogP contribution in [-0.2, 0) is 0 Å². The first kappa shape index (κ1) is 14.3. The van der Waals surface area contributed by atoms with Gasteiger partial charge in [0.2, 0.25) is 0 Å². The molecule has 0 saturated heterocycles. The van der Waals surface area contributed by atoms with Crippen molar-refractivity contribution in [1.29, 1.82) is 0 Å². The maximum absolute atomic E-state index is 11.0. The first-order valence-electron chi connectivity index (χ1n) is 5.42. The van der Waals surface area contributed by atoms with E-state index in [2.05, 4.69) is 21.2 Å². The van der Waals surface area contributed by atoms with Crippen LogP contribution in [0.1, 0.15) is 18.5 Å². The molecule has 0 aliphatic heterocycles. The molecular weight excluding hydrogens is 352 g/mol. The highest BCUT2D eigenvalue weighted by molar-refractivity contribution is 9.10. The monoisotopic (exact) mass is 360 g/mol. The Hall–Kier alpha value is -1.11. The minimum atomic E-state index is -0.402. The summed E-state index contributed by atoms with van der Waals surface area (Å²) in [5.41, 5.74) is 1.54. The molecule has 0 amide bonds. The van der Waals surface area contributed by atoms with Crippen LogP contribution >= 0.6 is 38.9 Å². The molecule has 1 aromatic heterocycles.